The van der Waals surface area contributed by atoms with Gasteiger partial charge in [0.15, 0.2) is 0 Å². The summed E-state index contributed by atoms with van der Waals surface area (Å²) in [6.07, 6.45) is 1.46. The first-order chi connectivity index (χ1) is 8.08. The van der Waals surface area contributed by atoms with Gasteiger partial charge in [0.25, 0.3) is 0 Å². The first kappa shape index (κ1) is 11.8. The molecule has 6 heteroatoms. The molecule has 2 rings (SSSR count). The molecule has 92 valence electrons. The smallest absolute Gasteiger partial charge is 0.362 e. The van der Waals surface area contributed by atoms with E-state index in [0.717, 1.165) is 13.1 Å². The number of piperazine rings is 1. The van der Waals surface area contributed by atoms with E-state index in [4.69, 9.17) is 0 Å². The Labute approximate surface area is 99.8 Å². The average molecular weight is 236 g/mol. The lowest BCUT2D eigenvalue weighted by Gasteiger charge is -2.37. The maximum Gasteiger partial charge on any atom is 0.387 e. The van der Waals surface area contributed by atoms with Gasteiger partial charge in [-0.25, -0.2) is 0 Å². The fraction of sp³-hybridized carbons (Fsp3) is 0.545. The number of nitro groups is 1. The van der Waals surface area contributed by atoms with Crippen LogP contribution in [0.2, 0.25) is 0 Å². The lowest BCUT2D eigenvalue weighted by molar-refractivity contribution is -0.388. The number of anilines is 1. The molecule has 2 unspecified atom stereocenters. The molecule has 0 bridgehead atoms. The summed E-state index contributed by atoms with van der Waals surface area (Å²) in [5, 5.41) is 14.3. The third kappa shape index (κ3) is 2.52. The Bertz CT molecular complexity index is 414. The fourth-order valence-electron chi connectivity index (χ4n) is 2.30. The number of nitrogens with zero attached hydrogens (tertiary/aromatic N) is 3. The molecule has 1 aliphatic rings. The van der Waals surface area contributed by atoms with Crippen molar-refractivity contribution in [2.45, 2.75) is 25.9 Å². The third-order valence-electron chi connectivity index (χ3n) is 2.84. The van der Waals surface area contributed by atoms with Crippen molar-refractivity contribution < 1.29 is 4.92 Å². The number of hydrogen-bond donors (Lipinski definition) is 1. The van der Waals surface area contributed by atoms with E-state index in [1.165, 1.54) is 6.20 Å². The Hall–Kier alpha value is -1.69. The Morgan fingerprint density at radius 3 is 2.71 bits per heavy atom. The maximum absolute atomic E-state index is 10.9. The lowest BCUT2D eigenvalue weighted by Crippen LogP contribution is -2.54. The first-order valence-electron chi connectivity index (χ1n) is 5.68. The molecule has 1 aromatic heterocycles. The Kier molecular flexibility index (Phi) is 3.23. The van der Waals surface area contributed by atoms with Crippen LogP contribution in [-0.4, -0.2) is 35.1 Å². The van der Waals surface area contributed by atoms with E-state index >= 15 is 0 Å². The van der Waals surface area contributed by atoms with Crippen molar-refractivity contribution in [3.05, 3.63) is 28.4 Å². The van der Waals surface area contributed by atoms with E-state index in [1.807, 2.05) is 4.90 Å². The van der Waals surface area contributed by atoms with Crippen LogP contribution in [0.3, 0.4) is 0 Å². The van der Waals surface area contributed by atoms with Crippen LogP contribution in [0.5, 0.6) is 0 Å². The summed E-state index contributed by atoms with van der Waals surface area (Å²) in [6.45, 7) is 5.67. The second kappa shape index (κ2) is 4.67. The summed E-state index contributed by atoms with van der Waals surface area (Å²) in [5.41, 5.74) is 0.609. The van der Waals surface area contributed by atoms with Gasteiger partial charge in [-0.05, 0) is 35.9 Å². The van der Waals surface area contributed by atoms with Gasteiger partial charge < -0.3 is 20.3 Å². The van der Waals surface area contributed by atoms with Crippen molar-refractivity contribution >= 4 is 11.5 Å². The zero-order valence-electron chi connectivity index (χ0n) is 9.96. The average Bonchev–Trinajstić information content (AvgIpc) is 2.27. The molecular weight excluding hydrogens is 220 g/mol. The monoisotopic (exact) mass is 236 g/mol. The highest BCUT2D eigenvalue weighted by Crippen LogP contribution is 2.26. The highest BCUT2D eigenvalue weighted by atomic mass is 16.6. The van der Waals surface area contributed by atoms with Crippen LogP contribution in [0, 0.1) is 10.1 Å². The van der Waals surface area contributed by atoms with E-state index < -0.39 is 4.92 Å². The molecule has 1 aromatic rings. The molecule has 0 saturated carbocycles. The first-order valence-corrected chi connectivity index (χ1v) is 5.68. The van der Waals surface area contributed by atoms with Crippen molar-refractivity contribution in [2.75, 3.05) is 18.0 Å². The van der Waals surface area contributed by atoms with Crippen LogP contribution in [0.4, 0.5) is 11.5 Å². The van der Waals surface area contributed by atoms with Crippen molar-refractivity contribution in [3.8, 4) is 0 Å². The molecule has 0 spiro atoms. The molecule has 0 amide bonds. The molecule has 17 heavy (non-hydrogen) atoms. The summed E-state index contributed by atoms with van der Waals surface area (Å²) in [7, 11) is 0. The number of aromatic nitrogens is 1. The second-order valence-corrected chi connectivity index (χ2v) is 4.48. The fourth-order valence-corrected chi connectivity index (χ4v) is 2.30. The molecule has 1 N–H and O–H groups in total. The quantitative estimate of drug-likeness (QED) is 0.616. The van der Waals surface area contributed by atoms with Gasteiger partial charge in [-0.2, -0.15) is 0 Å². The number of hydrogen-bond acceptors (Lipinski definition) is 5. The van der Waals surface area contributed by atoms with Crippen LogP contribution in [-0.2, 0) is 0 Å². The molecule has 0 aliphatic carbocycles. The van der Waals surface area contributed by atoms with E-state index in [0.29, 0.717) is 17.8 Å². The Balaban J connectivity index is 2.30. The van der Waals surface area contributed by atoms with Gasteiger partial charge in [0, 0.05) is 25.2 Å². The largest absolute Gasteiger partial charge is 0.387 e. The van der Waals surface area contributed by atoms with E-state index in [2.05, 4.69) is 24.1 Å². The molecule has 2 atom stereocenters. The van der Waals surface area contributed by atoms with Crippen LogP contribution in [0.15, 0.2) is 18.3 Å². The van der Waals surface area contributed by atoms with Crippen LogP contribution in [0.1, 0.15) is 13.8 Å². The molecule has 1 fully saturated rings. The Morgan fingerprint density at radius 1 is 1.47 bits per heavy atom. The number of nitrogens with one attached hydrogen (secondary N) is 1. The molecule has 0 radical (unpaired) electrons. The van der Waals surface area contributed by atoms with Crippen LogP contribution < -0.4 is 10.2 Å². The predicted octanol–water partition coefficient (Wildman–Crippen LogP) is 1.18. The minimum absolute atomic E-state index is 0.0613. The van der Waals surface area contributed by atoms with Crippen molar-refractivity contribution in [1.29, 1.82) is 0 Å². The zero-order valence-corrected chi connectivity index (χ0v) is 9.96. The number of rotatable bonds is 2. The molecule has 1 aliphatic heterocycles. The van der Waals surface area contributed by atoms with E-state index in [-0.39, 0.29) is 5.82 Å². The minimum atomic E-state index is -0.424. The summed E-state index contributed by atoms with van der Waals surface area (Å²) in [4.78, 5) is 16.4. The van der Waals surface area contributed by atoms with Crippen LogP contribution >= 0.6 is 0 Å². The standard InChI is InChI=1S/C11H16N4O2/c1-8-6-14(7-9(2)13-8)10-4-3-5-12-11(10)15(16)17/h3-5,8-9,13H,6-7H2,1-2H3. The van der Waals surface area contributed by atoms with E-state index in [1.54, 1.807) is 12.1 Å². The van der Waals surface area contributed by atoms with E-state index in [9.17, 15) is 10.1 Å². The summed E-state index contributed by atoms with van der Waals surface area (Å²) >= 11 is 0. The van der Waals surface area contributed by atoms with Crippen molar-refractivity contribution in [2.24, 2.45) is 0 Å². The summed E-state index contributed by atoms with van der Waals surface area (Å²) in [5.74, 6) is -0.0613. The SMILES string of the molecule is CC1CN(c2cccnc2[N+](=O)[O-])CC(C)N1. The molecular formula is C11H16N4O2. The second-order valence-electron chi connectivity index (χ2n) is 4.48. The summed E-state index contributed by atoms with van der Waals surface area (Å²) in [6, 6.07) is 4.13. The van der Waals surface area contributed by atoms with Gasteiger partial charge in [-0.15, -0.1) is 0 Å². The van der Waals surface area contributed by atoms with Gasteiger partial charge in [0.2, 0.25) is 0 Å². The number of pyridine rings is 1. The van der Waals surface area contributed by atoms with Crippen LogP contribution in [0.25, 0.3) is 0 Å². The molecule has 2 heterocycles. The van der Waals surface area contributed by atoms with Crippen molar-refractivity contribution in [3.63, 3.8) is 0 Å². The van der Waals surface area contributed by atoms with Gasteiger partial charge >= 0.3 is 5.82 Å². The highest BCUT2D eigenvalue weighted by Gasteiger charge is 2.26. The van der Waals surface area contributed by atoms with Gasteiger partial charge in [0.05, 0.1) is 0 Å². The highest BCUT2D eigenvalue weighted by molar-refractivity contribution is 5.59. The predicted molar refractivity (Wildman–Crippen MR) is 65.2 cm³/mol. The lowest BCUT2D eigenvalue weighted by atomic mass is 10.1. The zero-order chi connectivity index (χ0) is 12.4. The summed E-state index contributed by atoms with van der Waals surface area (Å²) < 4.78 is 0. The molecule has 1 saturated heterocycles. The molecule has 0 aromatic carbocycles. The van der Waals surface area contributed by atoms with Gasteiger partial charge in [-0.3, -0.25) is 0 Å². The third-order valence-corrected chi connectivity index (χ3v) is 2.84. The Morgan fingerprint density at radius 2 is 2.12 bits per heavy atom. The normalized spacial score (nSPS) is 24.7. The minimum Gasteiger partial charge on any atom is -0.362 e. The van der Waals surface area contributed by atoms with Gasteiger partial charge in [-0.1, -0.05) is 0 Å². The van der Waals surface area contributed by atoms with Crippen molar-refractivity contribution in [1.82, 2.24) is 10.3 Å². The molecule has 6 nitrogen and oxygen atoms in total. The topological polar surface area (TPSA) is 71.3 Å². The van der Waals surface area contributed by atoms with Gasteiger partial charge in [0.1, 0.15) is 11.9 Å². The maximum atomic E-state index is 10.9.